The van der Waals surface area contributed by atoms with Crippen LogP contribution in [0.3, 0.4) is 0 Å². The zero-order valence-corrected chi connectivity index (χ0v) is 9.62. The zero-order chi connectivity index (χ0) is 12.8. The number of hydrogen-bond donors (Lipinski definition) is 1. The topological polar surface area (TPSA) is 83.4 Å². The lowest BCUT2D eigenvalue weighted by molar-refractivity contribution is 0.415. The Morgan fingerprint density at radius 2 is 2.22 bits per heavy atom. The molecule has 0 aliphatic rings. The molecule has 0 radical (unpaired) electrons. The predicted octanol–water partition coefficient (Wildman–Crippen LogP) is 2.00. The summed E-state index contributed by atoms with van der Waals surface area (Å²) in [7, 11) is 1.61. The number of aromatic nitrogens is 1. The molecule has 2 rings (SSSR count). The molecule has 0 atom stereocenters. The minimum Gasteiger partial charge on any atom is -0.497 e. The number of rotatable bonds is 4. The number of nitrogens with one attached hydrogen (secondary N) is 1. The molecule has 6 nitrogen and oxygen atoms in total. The number of methoxy groups -OCH3 is 1. The quantitative estimate of drug-likeness (QED) is 0.654. The van der Waals surface area contributed by atoms with E-state index in [1.165, 1.54) is 6.39 Å². The first-order chi connectivity index (χ1) is 8.83. The highest BCUT2D eigenvalue weighted by atomic mass is 16.5. The molecular weight excluding hydrogens is 232 g/mol. The van der Waals surface area contributed by atoms with Crippen LogP contribution in [0.4, 0.5) is 5.88 Å². The Morgan fingerprint density at radius 1 is 1.44 bits per heavy atom. The highest BCUT2D eigenvalue weighted by Crippen LogP contribution is 2.12. The normalized spacial score (nSPS) is 10.2. The molecule has 0 unspecified atom stereocenters. The van der Waals surface area contributed by atoms with Crippen molar-refractivity contribution in [1.29, 1.82) is 5.26 Å². The lowest BCUT2D eigenvalue weighted by Gasteiger charge is -1.98. The van der Waals surface area contributed by atoms with Gasteiger partial charge in [0.25, 0.3) is 5.88 Å². The van der Waals surface area contributed by atoms with Gasteiger partial charge in [0, 0.05) is 0 Å². The summed E-state index contributed by atoms with van der Waals surface area (Å²) in [6, 6.07) is 9.25. The predicted molar refractivity (Wildman–Crippen MR) is 65.4 cm³/mol. The molecule has 1 heterocycles. The van der Waals surface area contributed by atoms with Gasteiger partial charge in [0.05, 0.1) is 13.3 Å². The van der Waals surface area contributed by atoms with Crippen LogP contribution in [-0.2, 0) is 0 Å². The molecule has 6 heteroatoms. The van der Waals surface area contributed by atoms with Gasteiger partial charge in [0.1, 0.15) is 11.8 Å². The van der Waals surface area contributed by atoms with Gasteiger partial charge in [-0.2, -0.15) is 10.4 Å². The maximum Gasteiger partial charge on any atom is 0.251 e. The number of hydrogen-bond acceptors (Lipinski definition) is 6. The standard InChI is InChI=1S/C12H10N4O2/c1-17-10-4-2-9(3-5-10)7-15-16-12-11(6-13)14-8-18-12/h2-5,7-8,16H,1H3/b15-7+. The fourth-order valence-electron chi connectivity index (χ4n) is 1.26. The summed E-state index contributed by atoms with van der Waals surface area (Å²) in [4.78, 5) is 3.70. The second-order valence-corrected chi connectivity index (χ2v) is 3.29. The van der Waals surface area contributed by atoms with Crippen molar-refractivity contribution in [3.63, 3.8) is 0 Å². The lowest BCUT2D eigenvalue weighted by Crippen LogP contribution is -1.91. The Bertz CT molecular complexity index is 581. The van der Waals surface area contributed by atoms with E-state index in [1.54, 1.807) is 13.3 Å². The second-order valence-electron chi connectivity index (χ2n) is 3.29. The molecule has 0 aliphatic carbocycles. The van der Waals surface area contributed by atoms with Crippen molar-refractivity contribution in [2.45, 2.75) is 0 Å². The maximum atomic E-state index is 8.70. The number of oxazole rings is 1. The van der Waals surface area contributed by atoms with Gasteiger partial charge in [-0.25, -0.2) is 10.4 Å². The van der Waals surface area contributed by atoms with Gasteiger partial charge in [-0.05, 0) is 29.8 Å². The van der Waals surface area contributed by atoms with Crippen LogP contribution in [0.1, 0.15) is 11.3 Å². The van der Waals surface area contributed by atoms with Crippen LogP contribution < -0.4 is 10.2 Å². The van der Waals surface area contributed by atoms with Crippen LogP contribution in [-0.4, -0.2) is 18.3 Å². The van der Waals surface area contributed by atoms with Crippen LogP contribution >= 0.6 is 0 Å². The molecule has 0 amide bonds. The summed E-state index contributed by atoms with van der Waals surface area (Å²) in [5, 5.41) is 12.7. The minimum atomic E-state index is 0.168. The van der Waals surface area contributed by atoms with E-state index in [0.29, 0.717) is 0 Å². The van der Waals surface area contributed by atoms with Crippen LogP contribution in [0.25, 0.3) is 0 Å². The largest absolute Gasteiger partial charge is 0.497 e. The fourth-order valence-corrected chi connectivity index (χ4v) is 1.26. The molecule has 2 aromatic rings. The van der Waals surface area contributed by atoms with E-state index >= 15 is 0 Å². The molecule has 1 N–H and O–H groups in total. The second kappa shape index (κ2) is 5.50. The molecule has 0 spiro atoms. The van der Waals surface area contributed by atoms with E-state index in [2.05, 4.69) is 15.5 Å². The number of anilines is 1. The fraction of sp³-hybridized carbons (Fsp3) is 0.0833. The summed E-state index contributed by atoms with van der Waals surface area (Å²) in [6.07, 6.45) is 2.78. The number of hydrazone groups is 1. The molecule has 90 valence electrons. The van der Waals surface area contributed by atoms with Crippen molar-refractivity contribution in [3.05, 3.63) is 41.9 Å². The molecular formula is C12H10N4O2. The monoisotopic (exact) mass is 242 g/mol. The first kappa shape index (κ1) is 11.7. The SMILES string of the molecule is COc1ccc(/C=N/Nc2ocnc2C#N)cc1. The summed E-state index contributed by atoms with van der Waals surface area (Å²) < 4.78 is 9.99. The van der Waals surface area contributed by atoms with Crippen molar-refractivity contribution in [1.82, 2.24) is 4.98 Å². The minimum absolute atomic E-state index is 0.168. The lowest BCUT2D eigenvalue weighted by atomic mass is 10.2. The summed E-state index contributed by atoms with van der Waals surface area (Å²) in [5.74, 6) is 1.00. The summed E-state index contributed by atoms with van der Waals surface area (Å²) in [6.45, 7) is 0. The first-order valence-electron chi connectivity index (χ1n) is 5.10. The molecule has 1 aromatic carbocycles. The smallest absolute Gasteiger partial charge is 0.251 e. The highest BCUT2D eigenvalue weighted by molar-refractivity contribution is 5.80. The highest BCUT2D eigenvalue weighted by Gasteiger charge is 2.04. The maximum absolute atomic E-state index is 8.70. The Labute approximate surface area is 104 Å². The average Bonchev–Trinajstić information content (AvgIpc) is 2.87. The van der Waals surface area contributed by atoms with Crippen LogP contribution in [0.2, 0.25) is 0 Å². The third-order valence-corrected chi connectivity index (χ3v) is 2.17. The summed E-state index contributed by atoms with van der Waals surface area (Å²) in [5.41, 5.74) is 3.67. The zero-order valence-electron chi connectivity index (χ0n) is 9.62. The van der Waals surface area contributed by atoms with E-state index in [4.69, 9.17) is 14.4 Å². The van der Waals surface area contributed by atoms with Gasteiger partial charge in [0.2, 0.25) is 5.69 Å². The van der Waals surface area contributed by atoms with Gasteiger partial charge < -0.3 is 9.15 Å². The number of nitriles is 1. The van der Waals surface area contributed by atoms with Gasteiger partial charge in [0.15, 0.2) is 6.39 Å². The van der Waals surface area contributed by atoms with Crippen LogP contribution in [0.15, 0.2) is 40.2 Å². The molecule has 0 saturated carbocycles. The summed E-state index contributed by atoms with van der Waals surface area (Å²) >= 11 is 0. The first-order valence-corrected chi connectivity index (χ1v) is 5.10. The Morgan fingerprint density at radius 3 is 2.89 bits per heavy atom. The number of benzene rings is 1. The van der Waals surface area contributed by atoms with Crippen molar-refractivity contribution < 1.29 is 9.15 Å². The third-order valence-electron chi connectivity index (χ3n) is 2.17. The van der Waals surface area contributed by atoms with E-state index < -0.39 is 0 Å². The van der Waals surface area contributed by atoms with Gasteiger partial charge >= 0.3 is 0 Å². The molecule has 0 fully saturated rings. The van der Waals surface area contributed by atoms with Crippen molar-refractivity contribution >= 4 is 12.1 Å². The van der Waals surface area contributed by atoms with Gasteiger partial charge in [-0.3, -0.25) is 0 Å². The van der Waals surface area contributed by atoms with E-state index in [9.17, 15) is 0 Å². The molecule has 0 saturated heterocycles. The van der Waals surface area contributed by atoms with E-state index in [-0.39, 0.29) is 11.6 Å². The number of ether oxygens (including phenoxy) is 1. The van der Waals surface area contributed by atoms with Gasteiger partial charge in [-0.1, -0.05) is 0 Å². The van der Waals surface area contributed by atoms with Crippen molar-refractivity contribution in [3.8, 4) is 11.8 Å². The van der Waals surface area contributed by atoms with Crippen molar-refractivity contribution in [2.24, 2.45) is 5.10 Å². The Hall–Kier alpha value is -2.81. The van der Waals surface area contributed by atoms with Crippen LogP contribution in [0.5, 0.6) is 5.75 Å². The molecule has 0 bridgehead atoms. The average molecular weight is 242 g/mol. The van der Waals surface area contributed by atoms with Gasteiger partial charge in [-0.15, -0.1) is 0 Å². The third kappa shape index (κ3) is 2.65. The molecule has 1 aromatic heterocycles. The van der Waals surface area contributed by atoms with E-state index in [1.807, 2.05) is 30.3 Å². The molecule has 0 aliphatic heterocycles. The van der Waals surface area contributed by atoms with Crippen LogP contribution in [0, 0.1) is 11.3 Å². The molecule has 18 heavy (non-hydrogen) atoms. The van der Waals surface area contributed by atoms with E-state index in [0.717, 1.165) is 11.3 Å². The Balaban J connectivity index is 2.01. The van der Waals surface area contributed by atoms with Crippen molar-refractivity contribution in [2.75, 3.05) is 12.5 Å². The Kier molecular flexibility index (Phi) is 3.56. The number of nitrogens with zero attached hydrogens (tertiary/aromatic N) is 3.